The van der Waals surface area contributed by atoms with Gasteiger partial charge < -0.3 is 9.30 Å². The second kappa shape index (κ2) is 3.80. The van der Waals surface area contributed by atoms with Crippen LogP contribution in [0.3, 0.4) is 0 Å². The van der Waals surface area contributed by atoms with E-state index in [4.69, 9.17) is 4.74 Å². The fraction of sp³-hybridized carbons (Fsp3) is 0.769. The molecular formula is C13H21N3O2. The molecule has 1 saturated carbocycles. The number of aryl methyl sites for hydroxylation is 1. The number of nitrogens with zero attached hydrogens (tertiary/aromatic N) is 3. The van der Waals surface area contributed by atoms with Gasteiger partial charge in [0.25, 0.3) is 0 Å². The average Bonchev–Trinajstić information content (AvgIpc) is 2.58. The molecule has 100 valence electrons. The van der Waals surface area contributed by atoms with Crippen molar-refractivity contribution in [3.8, 4) is 0 Å². The van der Waals surface area contributed by atoms with Crippen LogP contribution in [0.1, 0.15) is 57.1 Å². The third-order valence-corrected chi connectivity index (χ3v) is 4.53. The summed E-state index contributed by atoms with van der Waals surface area (Å²) in [6.45, 7) is 12.8. The molecule has 0 saturated heterocycles. The Kier molecular flexibility index (Phi) is 2.76. The predicted molar refractivity (Wildman–Crippen MR) is 67.3 cm³/mol. The minimum Gasteiger partial charge on any atom is -0.460 e. The SMILES string of the molecule is CCOC(=O)c1nnc(C)n1C1C(C)(C)C1(C)C. The van der Waals surface area contributed by atoms with Crippen molar-refractivity contribution in [2.45, 2.75) is 47.6 Å². The number of rotatable bonds is 3. The lowest BCUT2D eigenvalue weighted by Crippen LogP contribution is -2.15. The van der Waals surface area contributed by atoms with Crippen LogP contribution < -0.4 is 0 Å². The maximum absolute atomic E-state index is 11.9. The van der Waals surface area contributed by atoms with Gasteiger partial charge in [0.2, 0.25) is 5.82 Å². The van der Waals surface area contributed by atoms with Crippen LogP contribution in [0, 0.1) is 17.8 Å². The van der Waals surface area contributed by atoms with Crippen molar-refractivity contribution in [2.75, 3.05) is 6.61 Å². The molecule has 0 radical (unpaired) electrons. The van der Waals surface area contributed by atoms with Crippen LogP contribution in [0.2, 0.25) is 0 Å². The fourth-order valence-electron chi connectivity index (χ4n) is 2.82. The van der Waals surface area contributed by atoms with E-state index < -0.39 is 5.97 Å². The molecule has 5 nitrogen and oxygen atoms in total. The number of ether oxygens (including phenoxy) is 1. The first-order valence-electron chi connectivity index (χ1n) is 6.33. The van der Waals surface area contributed by atoms with Crippen LogP contribution >= 0.6 is 0 Å². The lowest BCUT2D eigenvalue weighted by Gasteiger charge is -2.09. The number of hydrogen-bond donors (Lipinski definition) is 0. The molecule has 0 atom stereocenters. The van der Waals surface area contributed by atoms with Crippen molar-refractivity contribution in [1.29, 1.82) is 0 Å². The number of hydrogen-bond acceptors (Lipinski definition) is 4. The van der Waals surface area contributed by atoms with E-state index in [1.54, 1.807) is 6.92 Å². The highest BCUT2D eigenvalue weighted by molar-refractivity contribution is 5.85. The van der Waals surface area contributed by atoms with Crippen LogP contribution in [-0.4, -0.2) is 27.3 Å². The van der Waals surface area contributed by atoms with Crippen LogP contribution in [0.15, 0.2) is 0 Å². The van der Waals surface area contributed by atoms with E-state index in [0.29, 0.717) is 12.4 Å². The Bertz CT molecular complexity index is 474. The quantitative estimate of drug-likeness (QED) is 0.774. The summed E-state index contributed by atoms with van der Waals surface area (Å²) >= 11 is 0. The Hall–Kier alpha value is -1.39. The predicted octanol–water partition coefficient (Wildman–Crippen LogP) is 2.37. The lowest BCUT2D eigenvalue weighted by molar-refractivity contribution is 0.0504. The zero-order valence-electron chi connectivity index (χ0n) is 11.9. The van der Waals surface area contributed by atoms with Gasteiger partial charge in [-0.25, -0.2) is 4.79 Å². The van der Waals surface area contributed by atoms with Crippen molar-refractivity contribution in [2.24, 2.45) is 10.8 Å². The van der Waals surface area contributed by atoms with Gasteiger partial charge in [0.1, 0.15) is 5.82 Å². The number of aromatic nitrogens is 3. The summed E-state index contributed by atoms with van der Waals surface area (Å²) in [7, 11) is 0. The average molecular weight is 251 g/mol. The smallest absolute Gasteiger partial charge is 0.376 e. The summed E-state index contributed by atoms with van der Waals surface area (Å²) in [4.78, 5) is 11.9. The van der Waals surface area contributed by atoms with Crippen LogP contribution in [-0.2, 0) is 4.74 Å². The van der Waals surface area contributed by atoms with E-state index in [1.807, 2.05) is 11.5 Å². The zero-order valence-corrected chi connectivity index (χ0v) is 11.9. The molecule has 0 bridgehead atoms. The Labute approximate surface area is 108 Å². The molecule has 2 rings (SSSR count). The second-order valence-electron chi connectivity index (χ2n) is 6.01. The van der Waals surface area contributed by atoms with Gasteiger partial charge in [-0.2, -0.15) is 0 Å². The Morgan fingerprint density at radius 3 is 2.28 bits per heavy atom. The lowest BCUT2D eigenvalue weighted by atomic mass is 10.0. The van der Waals surface area contributed by atoms with E-state index in [-0.39, 0.29) is 16.9 Å². The molecule has 0 N–H and O–H groups in total. The minimum atomic E-state index is -0.392. The molecule has 5 heteroatoms. The van der Waals surface area contributed by atoms with Gasteiger partial charge in [-0.3, -0.25) is 0 Å². The molecule has 0 amide bonds. The van der Waals surface area contributed by atoms with Gasteiger partial charge in [0.15, 0.2) is 0 Å². The van der Waals surface area contributed by atoms with E-state index in [2.05, 4.69) is 37.9 Å². The Morgan fingerprint density at radius 2 is 1.83 bits per heavy atom. The number of carbonyl (C=O) groups excluding carboxylic acids is 1. The molecule has 0 aliphatic heterocycles. The van der Waals surface area contributed by atoms with Crippen molar-refractivity contribution in [1.82, 2.24) is 14.8 Å². The van der Waals surface area contributed by atoms with Crippen molar-refractivity contribution >= 4 is 5.97 Å². The standard InChI is InChI=1S/C13H21N3O2/c1-7-18-10(17)9-15-14-8(2)16(9)11-12(3,4)13(11,5)6/h11H,7H2,1-6H3. The van der Waals surface area contributed by atoms with Crippen LogP contribution in [0.25, 0.3) is 0 Å². The first kappa shape index (κ1) is 13.1. The fourth-order valence-corrected chi connectivity index (χ4v) is 2.82. The van der Waals surface area contributed by atoms with Gasteiger partial charge in [0.05, 0.1) is 6.61 Å². The molecule has 1 aromatic heterocycles. The molecule has 0 spiro atoms. The summed E-state index contributed by atoms with van der Waals surface area (Å²) in [6, 6.07) is 0.236. The maximum atomic E-state index is 11.9. The van der Waals surface area contributed by atoms with E-state index in [0.717, 1.165) is 5.82 Å². The molecule has 1 aliphatic rings. The van der Waals surface area contributed by atoms with Crippen molar-refractivity contribution < 1.29 is 9.53 Å². The molecule has 1 aliphatic carbocycles. The summed E-state index contributed by atoms with van der Waals surface area (Å²) in [5.41, 5.74) is 0.253. The normalized spacial score (nSPS) is 20.8. The first-order valence-corrected chi connectivity index (χ1v) is 6.33. The highest BCUT2D eigenvalue weighted by Crippen LogP contribution is 2.71. The van der Waals surface area contributed by atoms with Gasteiger partial charge in [-0.15, -0.1) is 10.2 Å². The van der Waals surface area contributed by atoms with E-state index in [1.165, 1.54) is 0 Å². The topological polar surface area (TPSA) is 57.0 Å². The third kappa shape index (κ3) is 1.56. The van der Waals surface area contributed by atoms with Crippen molar-refractivity contribution in [3.05, 3.63) is 11.6 Å². The zero-order chi connectivity index (χ0) is 13.7. The summed E-state index contributed by atoms with van der Waals surface area (Å²) < 4.78 is 6.96. The highest BCUT2D eigenvalue weighted by atomic mass is 16.5. The van der Waals surface area contributed by atoms with Gasteiger partial charge in [-0.1, -0.05) is 27.7 Å². The molecule has 18 heavy (non-hydrogen) atoms. The van der Waals surface area contributed by atoms with Gasteiger partial charge in [-0.05, 0) is 24.7 Å². The van der Waals surface area contributed by atoms with Crippen LogP contribution in [0.4, 0.5) is 0 Å². The highest BCUT2D eigenvalue weighted by Gasteiger charge is 2.67. The molecule has 1 fully saturated rings. The Morgan fingerprint density at radius 1 is 1.28 bits per heavy atom. The second-order valence-corrected chi connectivity index (χ2v) is 6.01. The summed E-state index contributed by atoms with van der Waals surface area (Å²) in [6.07, 6.45) is 0. The van der Waals surface area contributed by atoms with Gasteiger partial charge >= 0.3 is 5.97 Å². The Balaban J connectivity index is 2.41. The maximum Gasteiger partial charge on any atom is 0.376 e. The molecular weight excluding hydrogens is 230 g/mol. The van der Waals surface area contributed by atoms with Crippen LogP contribution in [0.5, 0.6) is 0 Å². The first-order chi connectivity index (χ1) is 8.25. The minimum absolute atomic E-state index is 0.126. The summed E-state index contributed by atoms with van der Waals surface area (Å²) in [5.74, 6) is 0.691. The van der Waals surface area contributed by atoms with Gasteiger partial charge in [0, 0.05) is 6.04 Å². The van der Waals surface area contributed by atoms with E-state index in [9.17, 15) is 4.79 Å². The molecule has 0 unspecified atom stereocenters. The van der Waals surface area contributed by atoms with E-state index >= 15 is 0 Å². The number of carbonyl (C=O) groups is 1. The largest absolute Gasteiger partial charge is 0.460 e. The molecule has 0 aromatic carbocycles. The molecule has 1 heterocycles. The third-order valence-electron chi connectivity index (χ3n) is 4.53. The molecule has 1 aromatic rings. The monoisotopic (exact) mass is 251 g/mol. The summed E-state index contributed by atoms with van der Waals surface area (Å²) in [5, 5.41) is 7.99. The number of esters is 1. The van der Waals surface area contributed by atoms with Crippen molar-refractivity contribution in [3.63, 3.8) is 0 Å².